The Kier molecular flexibility index (Phi) is 4.17. The standard InChI is InChI=1S/C12H15BO3/c1-8-4-5-9(13)6-10(8)11(7-15-2)12(14)16-3/h4-7H,13H2,1-3H3/b11-7+. The van der Waals surface area contributed by atoms with Gasteiger partial charge in [0.15, 0.2) is 0 Å². The zero-order valence-corrected chi connectivity index (χ0v) is 10.0. The Morgan fingerprint density at radius 2 is 2.06 bits per heavy atom. The molecule has 1 aromatic carbocycles. The Hall–Kier alpha value is -1.71. The van der Waals surface area contributed by atoms with Gasteiger partial charge in [0.2, 0.25) is 0 Å². The van der Waals surface area contributed by atoms with E-state index < -0.39 is 5.97 Å². The molecule has 0 heterocycles. The lowest BCUT2D eigenvalue weighted by Crippen LogP contribution is -2.10. The lowest BCUT2D eigenvalue weighted by molar-refractivity contribution is -0.133. The number of benzene rings is 1. The Balaban J connectivity index is 3.26. The fraction of sp³-hybridized carbons (Fsp3) is 0.250. The van der Waals surface area contributed by atoms with Crippen LogP contribution in [0.3, 0.4) is 0 Å². The third-order valence-corrected chi connectivity index (χ3v) is 2.32. The first kappa shape index (κ1) is 12.4. The van der Waals surface area contributed by atoms with Gasteiger partial charge in [-0.25, -0.2) is 4.79 Å². The van der Waals surface area contributed by atoms with Crippen molar-refractivity contribution in [2.45, 2.75) is 6.92 Å². The second kappa shape index (κ2) is 5.40. The highest BCUT2D eigenvalue weighted by Crippen LogP contribution is 2.19. The Morgan fingerprint density at radius 3 is 2.62 bits per heavy atom. The van der Waals surface area contributed by atoms with Crippen LogP contribution in [0.1, 0.15) is 11.1 Å². The number of methoxy groups -OCH3 is 2. The van der Waals surface area contributed by atoms with E-state index in [0.717, 1.165) is 16.6 Å². The van der Waals surface area contributed by atoms with Crippen LogP contribution >= 0.6 is 0 Å². The average Bonchev–Trinajstić information content (AvgIpc) is 2.28. The molecule has 0 N–H and O–H groups in total. The monoisotopic (exact) mass is 218 g/mol. The highest BCUT2D eigenvalue weighted by molar-refractivity contribution is 6.33. The van der Waals surface area contributed by atoms with Crippen LogP contribution < -0.4 is 5.46 Å². The fourth-order valence-corrected chi connectivity index (χ4v) is 1.48. The smallest absolute Gasteiger partial charge is 0.341 e. The van der Waals surface area contributed by atoms with Crippen molar-refractivity contribution in [2.24, 2.45) is 0 Å². The number of carbonyl (C=O) groups excluding carboxylic acids is 1. The van der Waals surface area contributed by atoms with E-state index in [4.69, 9.17) is 9.47 Å². The van der Waals surface area contributed by atoms with Gasteiger partial charge in [0.1, 0.15) is 13.4 Å². The summed E-state index contributed by atoms with van der Waals surface area (Å²) in [6.07, 6.45) is 1.41. The van der Waals surface area contributed by atoms with Gasteiger partial charge < -0.3 is 9.47 Å². The molecule has 0 fully saturated rings. The molecule has 0 saturated carbocycles. The molecule has 3 nitrogen and oxygen atoms in total. The third kappa shape index (κ3) is 2.66. The number of hydrogen-bond donors (Lipinski definition) is 0. The van der Waals surface area contributed by atoms with Crippen LogP contribution in [0.4, 0.5) is 0 Å². The maximum absolute atomic E-state index is 11.6. The minimum atomic E-state index is -0.393. The normalized spacial score (nSPS) is 11.1. The van der Waals surface area contributed by atoms with Crippen molar-refractivity contribution in [3.63, 3.8) is 0 Å². The van der Waals surface area contributed by atoms with Gasteiger partial charge in [-0.3, -0.25) is 0 Å². The molecular formula is C12H15BO3. The SMILES string of the molecule is Bc1ccc(C)c(/C(=C\OC)C(=O)OC)c1. The molecule has 0 radical (unpaired) electrons. The molecule has 0 amide bonds. The van der Waals surface area contributed by atoms with Gasteiger partial charge in [-0.05, 0) is 18.1 Å². The number of carbonyl (C=O) groups is 1. The molecule has 0 unspecified atom stereocenters. The highest BCUT2D eigenvalue weighted by Gasteiger charge is 2.15. The Labute approximate surface area is 96.5 Å². The van der Waals surface area contributed by atoms with Gasteiger partial charge in [-0.2, -0.15) is 0 Å². The zero-order valence-electron chi connectivity index (χ0n) is 10.0. The number of aryl methyl sites for hydroxylation is 1. The second-order valence-corrected chi connectivity index (χ2v) is 3.58. The van der Waals surface area contributed by atoms with Crippen LogP contribution in [0.2, 0.25) is 0 Å². The average molecular weight is 218 g/mol. The topological polar surface area (TPSA) is 35.5 Å². The predicted octanol–water partition coefficient (Wildman–Crippen LogP) is 0.414. The first-order chi connectivity index (χ1) is 7.60. The summed E-state index contributed by atoms with van der Waals surface area (Å²) in [6, 6.07) is 5.91. The van der Waals surface area contributed by atoms with E-state index in [2.05, 4.69) is 0 Å². The maximum atomic E-state index is 11.6. The van der Waals surface area contributed by atoms with Gasteiger partial charge >= 0.3 is 5.97 Å². The predicted molar refractivity (Wildman–Crippen MR) is 66.4 cm³/mol. The van der Waals surface area contributed by atoms with Crippen LogP contribution in [0, 0.1) is 6.92 Å². The van der Waals surface area contributed by atoms with Crippen molar-refractivity contribution in [3.8, 4) is 0 Å². The first-order valence-electron chi connectivity index (χ1n) is 4.99. The molecule has 0 atom stereocenters. The van der Waals surface area contributed by atoms with E-state index in [0.29, 0.717) is 5.57 Å². The van der Waals surface area contributed by atoms with Crippen LogP contribution in [0.5, 0.6) is 0 Å². The molecule has 1 rings (SSSR count). The molecule has 0 spiro atoms. The molecular weight excluding hydrogens is 203 g/mol. The van der Waals surface area contributed by atoms with Crippen molar-refractivity contribution in [3.05, 3.63) is 35.6 Å². The van der Waals surface area contributed by atoms with Gasteiger partial charge in [0.05, 0.1) is 20.5 Å². The van der Waals surface area contributed by atoms with Gasteiger partial charge in [0.25, 0.3) is 0 Å². The summed E-state index contributed by atoms with van der Waals surface area (Å²) < 4.78 is 9.64. The maximum Gasteiger partial charge on any atom is 0.341 e. The van der Waals surface area contributed by atoms with Gasteiger partial charge in [-0.1, -0.05) is 23.7 Å². The minimum Gasteiger partial charge on any atom is -0.503 e. The van der Waals surface area contributed by atoms with Crippen molar-refractivity contribution in [1.29, 1.82) is 0 Å². The summed E-state index contributed by atoms with van der Waals surface area (Å²) in [5.41, 5.74) is 3.38. The molecule has 84 valence electrons. The molecule has 0 saturated heterocycles. The number of esters is 1. The summed E-state index contributed by atoms with van der Waals surface area (Å²) in [4.78, 5) is 11.6. The minimum absolute atomic E-state index is 0.393. The lowest BCUT2D eigenvalue weighted by atomic mass is 9.90. The molecule has 0 aromatic heterocycles. The molecule has 16 heavy (non-hydrogen) atoms. The molecule has 1 aromatic rings. The van der Waals surface area contributed by atoms with E-state index in [9.17, 15) is 4.79 Å². The van der Waals surface area contributed by atoms with E-state index in [-0.39, 0.29) is 0 Å². The lowest BCUT2D eigenvalue weighted by Gasteiger charge is -2.09. The zero-order chi connectivity index (χ0) is 12.1. The summed E-state index contributed by atoms with van der Waals surface area (Å²) in [5.74, 6) is -0.393. The summed E-state index contributed by atoms with van der Waals surface area (Å²) in [7, 11) is 4.84. The van der Waals surface area contributed by atoms with Gasteiger partial charge in [0, 0.05) is 0 Å². The van der Waals surface area contributed by atoms with E-state index in [1.165, 1.54) is 20.5 Å². The largest absolute Gasteiger partial charge is 0.503 e. The van der Waals surface area contributed by atoms with Crippen molar-refractivity contribution in [2.75, 3.05) is 14.2 Å². The van der Waals surface area contributed by atoms with E-state index >= 15 is 0 Å². The molecule has 0 aliphatic rings. The summed E-state index contributed by atoms with van der Waals surface area (Å²) >= 11 is 0. The van der Waals surface area contributed by atoms with Crippen LogP contribution in [0.15, 0.2) is 24.5 Å². The quantitative estimate of drug-likeness (QED) is 0.319. The molecule has 0 aliphatic heterocycles. The highest BCUT2D eigenvalue weighted by atomic mass is 16.5. The van der Waals surface area contributed by atoms with Crippen LogP contribution in [0.25, 0.3) is 5.57 Å². The molecule has 0 bridgehead atoms. The molecule has 0 aliphatic carbocycles. The van der Waals surface area contributed by atoms with Crippen LogP contribution in [-0.2, 0) is 14.3 Å². The van der Waals surface area contributed by atoms with Crippen molar-refractivity contribution in [1.82, 2.24) is 0 Å². The fourth-order valence-electron chi connectivity index (χ4n) is 1.48. The second-order valence-electron chi connectivity index (χ2n) is 3.58. The Bertz CT molecular complexity index is 424. The number of rotatable bonds is 3. The summed E-state index contributed by atoms with van der Waals surface area (Å²) in [5, 5.41) is 0. The first-order valence-corrected chi connectivity index (χ1v) is 4.99. The molecule has 4 heteroatoms. The van der Waals surface area contributed by atoms with E-state index in [1.807, 2.05) is 33.0 Å². The van der Waals surface area contributed by atoms with Crippen LogP contribution in [-0.4, -0.2) is 28.0 Å². The van der Waals surface area contributed by atoms with Gasteiger partial charge in [-0.15, -0.1) is 0 Å². The van der Waals surface area contributed by atoms with E-state index in [1.54, 1.807) is 0 Å². The number of hydrogen-bond acceptors (Lipinski definition) is 3. The summed E-state index contributed by atoms with van der Waals surface area (Å²) in [6.45, 7) is 1.95. The van der Waals surface area contributed by atoms with Crippen molar-refractivity contribution >= 4 is 24.9 Å². The Morgan fingerprint density at radius 1 is 1.38 bits per heavy atom. The third-order valence-electron chi connectivity index (χ3n) is 2.32. The number of ether oxygens (including phenoxy) is 2. The van der Waals surface area contributed by atoms with Crippen molar-refractivity contribution < 1.29 is 14.3 Å².